The molecule has 0 spiro atoms. The van der Waals surface area contributed by atoms with Gasteiger partial charge in [0.2, 0.25) is 0 Å². The normalized spacial score (nSPS) is 20.3. The van der Waals surface area contributed by atoms with E-state index in [9.17, 15) is 13.8 Å². The van der Waals surface area contributed by atoms with E-state index in [0.717, 1.165) is 18.4 Å². The lowest BCUT2D eigenvalue weighted by Crippen LogP contribution is -2.45. The van der Waals surface area contributed by atoms with Crippen LogP contribution in [0.2, 0.25) is 0 Å². The van der Waals surface area contributed by atoms with Crippen LogP contribution in [0.15, 0.2) is 42.5 Å². The molecule has 0 heterocycles. The second-order valence-electron chi connectivity index (χ2n) is 13.1. The van der Waals surface area contributed by atoms with Gasteiger partial charge in [-0.3, -0.25) is 9.59 Å². The summed E-state index contributed by atoms with van der Waals surface area (Å²) in [5, 5.41) is 0. The summed E-state index contributed by atoms with van der Waals surface area (Å²) in [4.78, 5) is 27.7. The predicted octanol–water partition coefficient (Wildman–Crippen LogP) is 7.01. The Balaban J connectivity index is 2.13. The van der Waals surface area contributed by atoms with Crippen molar-refractivity contribution in [2.24, 2.45) is 5.92 Å². The number of carbonyl (C=O) groups is 2. The molecule has 0 saturated carbocycles. The minimum Gasteiger partial charge on any atom is -0.460 e. The molecule has 0 radical (unpaired) electrons. The van der Waals surface area contributed by atoms with Gasteiger partial charge in [0.15, 0.2) is 0 Å². The largest absolute Gasteiger partial charge is 0.460 e. The molecular formula is C33H46FNO5S. The standard InChI is InChI=1S/C33H46FNO5S/c1-9-10-16-25-17-24-18-28(34)26(22(2)35-41(38)32(6,7)8)19-27(24)33(25,20-29(36)40-31(3,4)5)30(37)39-21-23-14-12-11-13-15-23/h11-15,18-19,22,25,35H,9-10,16-17,20-21H2,1-8H3/t22-,25+,33+,41+/m1/s1. The summed E-state index contributed by atoms with van der Waals surface area (Å²) >= 11 is 0. The Labute approximate surface area is 247 Å². The highest BCUT2D eigenvalue weighted by atomic mass is 32.2. The molecule has 0 aromatic heterocycles. The number of fused-ring (bicyclic) bond motifs is 1. The first kappa shape index (κ1) is 32.9. The average molecular weight is 588 g/mol. The molecule has 0 unspecified atom stereocenters. The molecule has 4 atom stereocenters. The number of ether oxygens (including phenoxy) is 2. The van der Waals surface area contributed by atoms with Crippen LogP contribution in [-0.4, -0.2) is 26.5 Å². The lowest BCUT2D eigenvalue weighted by Gasteiger charge is -2.35. The van der Waals surface area contributed by atoms with Crippen molar-refractivity contribution in [2.45, 2.75) is 116 Å². The molecule has 8 heteroatoms. The van der Waals surface area contributed by atoms with Crippen molar-refractivity contribution in [3.8, 4) is 0 Å². The molecular weight excluding hydrogens is 541 g/mol. The molecule has 0 amide bonds. The maximum Gasteiger partial charge on any atom is 0.317 e. The van der Waals surface area contributed by atoms with Crippen LogP contribution in [0.4, 0.5) is 4.39 Å². The molecule has 2 aromatic rings. The first-order valence-corrected chi connectivity index (χ1v) is 15.7. The van der Waals surface area contributed by atoms with Crippen LogP contribution in [-0.2, 0) is 48.5 Å². The summed E-state index contributed by atoms with van der Waals surface area (Å²) in [7, 11) is -1.44. The molecule has 1 aliphatic rings. The van der Waals surface area contributed by atoms with E-state index in [1.807, 2.05) is 51.1 Å². The van der Waals surface area contributed by atoms with Crippen LogP contribution in [0.1, 0.15) is 109 Å². The number of benzene rings is 2. The Bertz CT molecular complexity index is 1250. The lowest BCUT2D eigenvalue weighted by atomic mass is 9.70. The van der Waals surface area contributed by atoms with Gasteiger partial charge in [-0.25, -0.2) is 13.3 Å². The van der Waals surface area contributed by atoms with Crippen molar-refractivity contribution in [1.29, 1.82) is 0 Å². The van der Waals surface area contributed by atoms with Crippen LogP contribution < -0.4 is 4.72 Å². The summed E-state index contributed by atoms with van der Waals surface area (Å²) in [5.74, 6) is -1.72. The number of nitrogens with one attached hydrogen (secondary N) is 1. The van der Waals surface area contributed by atoms with E-state index in [4.69, 9.17) is 9.47 Å². The maximum atomic E-state index is 15.6. The maximum absolute atomic E-state index is 15.6. The molecule has 1 aliphatic carbocycles. The molecule has 226 valence electrons. The van der Waals surface area contributed by atoms with Crippen molar-refractivity contribution in [2.75, 3.05) is 0 Å². The van der Waals surface area contributed by atoms with Gasteiger partial charge in [-0.2, -0.15) is 0 Å². The number of halogens is 1. The van der Waals surface area contributed by atoms with Crippen molar-refractivity contribution in [3.05, 3.63) is 70.5 Å². The topological polar surface area (TPSA) is 81.7 Å². The van der Waals surface area contributed by atoms with Gasteiger partial charge in [0, 0.05) is 11.6 Å². The van der Waals surface area contributed by atoms with E-state index in [1.54, 1.807) is 33.8 Å². The summed E-state index contributed by atoms with van der Waals surface area (Å²) in [6.07, 6.45) is 2.67. The molecule has 1 N–H and O–H groups in total. The third-order valence-electron chi connectivity index (χ3n) is 7.50. The van der Waals surface area contributed by atoms with Gasteiger partial charge in [-0.05, 0) is 96.0 Å². The minimum absolute atomic E-state index is 0.0577. The van der Waals surface area contributed by atoms with Gasteiger partial charge in [0.05, 0.1) is 22.2 Å². The highest BCUT2D eigenvalue weighted by Gasteiger charge is 2.55. The van der Waals surface area contributed by atoms with Gasteiger partial charge < -0.3 is 9.47 Å². The fourth-order valence-corrected chi connectivity index (χ4v) is 6.25. The predicted molar refractivity (Wildman–Crippen MR) is 161 cm³/mol. The van der Waals surface area contributed by atoms with Crippen molar-refractivity contribution in [1.82, 2.24) is 4.72 Å². The Kier molecular flexibility index (Phi) is 10.6. The quantitative estimate of drug-likeness (QED) is 0.286. The number of esters is 2. The molecule has 41 heavy (non-hydrogen) atoms. The number of unbranched alkanes of at least 4 members (excludes halogenated alkanes) is 1. The van der Waals surface area contributed by atoms with E-state index >= 15 is 4.39 Å². The number of carbonyl (C=O) groups excluding carboxylic acids is 2. The second-order valence-corrected chi connectivity index (χ2v) is 15.1. The van der Waals surface area contributed by atoms with Gasteiger partial charge in [0.1, 0.15) is 23.4 Å². The SMILES string of the molecule is CCCC[C@H]1Cc2cc(F)c([C@@H](C)N[S@@](=O)C(C)(C)C)cc2[C@@]1(CC(=O)OC(C)(C)C)C(=O)OCc1ccccc1. The summed E-state index contributed by atoms with van der Waals surface area (Å²) in [6, 6.07) is 11.9. The highest BCUT2D eigenvalue weighted by Crippen LogP contribution is 2.50. The monoisotopic (exact) mass is 587 g/mol. The van der Waals surface area contributed by atoms with Crippen molar-refractivity contribution < 1.29 is 27.7 Å². The van der Waals surface area contributed by atoms with Gasteiger partial charge >= 0.3 is 11.9 Å². The smallest absolute Gasteiger partial charge is 0.317 e. The zero-order valence-electron chi connectivity index (χ0n) is 25.8. The molecule has 0 fully saturated rings. The van der Waals surface area contributed by atoms with Gasteiger partial charge in [-0.15, -0.1) is 0 Å². The zero-order valence-corrected chi connectivity index (χ0v) is 26.6. The fourth-order valence-electron chi connectivity index (χ4n) is 5.45. The Morgan fingerprint density at radius 3 is 2.37 bits per heavy atom. The first-order valence-electron chi connectivity index (χ1n) is 14.5. The Hall–Kier alpha value is -2.58. The molecule has 0 bridgehead atoms. The number of hydrogen-bond donors (Lipinski definition) is 1. The summed E-state index contributed by atoms with van der Waals surface area (Å²) in [6.45, 7) is 14.8. The fraction of sp³-hybridized carbons (Fsp3) is 0.576. The van der Waals surface area contributed by atoms with Gasteiger partial charge in [-0.1, -0.05) is 50.1 Å². The van der Waals surface area contributed by atoms with E-state index in [1.165, 1.54) is 6.07 Å². The Morgan fingerprint density at radius 2 is 1.78 bits per heavy atom. The van der Waals surface area contributed by atoms with Crippen molar-refractivity contribution in [3.63, 3.8) is 0 Å². The van der Waals surface area contributed by atoms with Crippen LogP contribution >= 0.6 is 0 Å². The van der Waals surface area contributed by atoms with E-state index in [2.05, 4.69) is 11.6 Å². The molecule has 3 rings (SSSR count). The second kappa shape index (κ2) is 13.2. The van der Waals surface area contributed by atoms with Crippen LogP contribution in [0.25, 0.3) is 0 Å². The molecule has 2 aromatic carbocycles. The molecule has 6 nitrogen and oxygen atoms in total. The third kappa shape index (κ3) is 8.04. The summed E-state index contributed by atoms with van der Waals surface area (Å²) in [5.41, 5.74) is 0.328. The molecule has 0 saturated heterocycles. The Morgan fingerprint density at radius 1 is 1.12 bits per heavy atom. The van der Waals surface area contributed by atoms with Crippen LogP contribution in [0.5, 0.6) is 0 Å². The highest BCUT2D eigenvalue weighted by molar-refractivity contribution is 7.84. The zero-order chi connectivity index (χ0) is 30.6. The third-order valence-corrected chi connectivity index (χ3v) is 9.18. The molecule has 0 aliphatic heterocycles. The van der Waals surface area contributed by atoms with E-state index in [-0.39, 0.29) is 18.9 Å². The summed E-state index contributed by atoms with van der Waals surface area (Å²) < 4.78 is 42.6. The van der Waals surface area contributed by atoms with Crippen LogP contribution in [0, 0.1) is 11.7 Å². The lowest BCUT2D eigenvalue weighted by molar-refractivity contribution is -0.166. The number of hydrogen-bond acceptors (Lipinski definition) is 5. The average Bonchev–Trinajstić information content (AvgIpc) is 3.16. The minimum atomic E-state index is -1.44. The van der Waals surface area contributed by atoms with E-state index in [0.29, 0.717) is 29.5 Å². The van der Waals surface area contributed by atoms with E-state index < -0.39 is 50.5 Å². The number of rotatable bonds is 11. The van der Waals surface area contributed by atoms with Crippen LogP contribution in [0.3, 0.4) is 0 Å². The van der Waals surface area contributed by atoms with Gasteiger partial charge in [0.25, 0.3) is 0 Å². The van der Waals surface area contributed by atoms with Crippen molar-refractivity contribution >= 4 is 22.9 Å². The first-order chi connectivity index (χ1) is 19.1.